The van der Waals surface area contributed by atoms with Gasteiger partial charge in [-0.1, -0.05) is 28.9 Å². The summed E-state index contributed by atoms with van der Waals surface area (Å²) in [5, 5.41) is 10.3. The van der Waals surface area contributed by atoms with Gasteiger partial charge >= 0.3 is 0 Å². The van der Waals surface area contributed by atoms with Gasteiger partial charge < -0.3 is 15.2 Å². The Morgan fingerprint density at radius 3 is 2.32 bits per heavy atom. The Balaban J connectivity index is 1.43. The molecular weight excluding hydrogens is 382 g/mol. The first-order valence-electron chi connectivity index (χ1n) is 8.41. The molecule has 0 bridgehead atoms. The van der Waals surface area contributed by atoms with Gasteiger partial charge in [0.05, 0.1) is 11.6 Å². The molecule has 4 rings (SSSR count). The first-order chi connectivity index (χ1) is 13.6. The van der Waals surface area contributed by atoms with Crippen LogP contribution in [0.25, 0.3) is 11.4 Å². The van der Waals surface area contributed by atoms with Gasteiger partial charge in [-0.3, -0.25) is 14.6 Å². The van der Waals surface area contributed by atoms with Crippen molar-refractivity contribution >= 4 is 23.0 Å². The van der Waals surface area contributed by atoms with Crippen LogP contribution in [0.1, 0.15) is 11.5 Å². The fraction of sp³-hybridized carbons (Fsp3) is 0.105. The van der Waals surface area contributed by atoms with Gasteiger partial charge in [0.15, 0.2) is 0 Å². The van der Waals surface area contributed by atoms with Crippen LogP contribution in [0.3, 0.4) is 0 Å². The lowest BCUT2D eigenvalue weighted by atomic mass is 10.1. The first-order valence-corrected chi connectivity index (χ1v) is 8.78. The molecule has 0 saturated carbocycles. The van der Waals surface area contributed by atoms with E-state index in [0.29, 0.717) is 23.0 Å². The van der Waals surface area contributed by atoms with E-state index in [1.165, 1.54) is 0 Å². The normalized spacial score (nSPS) is 10.9. The summed E-state index contributed by atoms with van der Waals surface area (Å²) < 4.78 is 5.19. The number of hydrogen-bond donors (Lipinski definition) is 2. The molecule has 0 aliphatic carbocycles. The zero-order valence-corrected chi connectivity index (χ0v) is 15.2. The number of halogens is 1. The fourth-order valence-electron chi connectivity index (χ4n) is 2.66. The molecule has 0 fully saturated rings. The standard InChI is InChI=1S/C19H14ClN5O3/c20-13-4-2-1-3-12(13)19-24-14(28-25-19)10-23-16-15(17(26)18(16)27)22-9-11-5-7-21-8-6-11/h1-8,22-23H,9-10H2. The van der Waals surface area contributed by atoms with E-state index < -0.39 is 10.9 Å². The highest BCUT2D eigenvalue weighted by atomic mass is 35.5. The second kappa shape index (κ2) is 7.61. The Morgan fingerprint density at radius 1 is 0.929 bits per heavy atom. The molecule has 0 atom stereocenters. The van der Waals surface area contributed by atoms with Gasteiger partial charge in [0.1, 0.15) is 11.4 Å². The summed E-state index contributed by atoms with van der Waals surface area (Å²) in [4.78, 5) is 31.9. The topological polar surface area (TPSA) is 110 Å². The molecule has 140 valence electrons. The van der Waals surface area contributed by atoms with Crippen LogP contribution >= 0.6 is 11.6 Å². The van der Waals surface area contributed by atoms with Crippen LogP contribution in [0.2, 0.25) is 5.02 Å². The van der Waals surface area contributed by atoms with E-state index in [1.54, 1.807) is 30.6 Å². The van der Waals surface area contributed by atoms with Gasteiger partial charge in [0.2, 0.25) is 11.7 Å². The second-order valence-electron chi connectivity index (χ2n) is 5.96. The predicted molar refractivity (Wildman–Crippen MR) is 105 cm³/mol. The monoisotopic (exact) mass is 395 g/mol. The summed E-state index contributed by atoms with van der Waals surface area (Å²) in [5.74, 6) is 0.617. The molecule has 9 heteroatoms. The summed E-state index contributed by atoms with van der Waals surface area (Å²) in [7, 11) is 0. The lowest BCUT2D eigenvalue weighted by Crippen LogP contribution is -2.37. The number of benzene rings is 1. The Bertz CT molecular complexity index is 1180. The fourth-order valence-corrected chi connectivity index (χ4v) is 2.88. The minimum absolute atomic E-state index is 0.103. The summed E-state index contributed by atoms with van der Waals surface area (Å²) in [6.07, 6.45) is 3.31. The van der Waals surface area contributed by atoms with Crippen LogP contribution in [0.4, 0.5) is 11.4 Å². The first kappa shape index (κ1) is 17.9. The third-order valence-corrected chi connectivity index (χ3v) is 4.46. The zero-order valence-electron chi connectivity index (χ0n) is 14.5. The largest absolute Gasteiger partial charge is 0.376 e. The van der Waals surface area contributed by atoms with Gasteiger partial charge in [-0.2, -0.15) is 4.98 Å². The average molecular weight is 396 g/mol. The molecule has 0 unspecified atom stereocenters. The van der Waals surface area contributed by atoms with Gasteiger partial charge in [0, 0.05) is 24.5 Å². The number of anilines is 2. The van der Waals surface area contributed by atoms with Crippen molar-refractivity contribution in [1.82, 2.24) is 15.1 Å². The van der Waals surface area contributed by atoms with Crippen molar-refractivity contribution in [1.29, 1.82) is 0 Å². The van der Waals surface area contributed by atoms with Crippen LogP contribution in [-0.4, -0.2) is 15.1 Å². The van der Waals surface area contributed by atoms with E-state index in [1.807, 2.05) is 18.2 Å². The van der Waals surface area contributed by atoms with Crippen LogP contribution in [0, 0.1) is 0 Å². The van der Waals surface area contributed by atoms with Crippen molar-refractivity contribution in [3.8, 4) is 11.4 Å². The molecule has 0 aliphatic rings. The number of rotatable bonds is 7. The molecule has 0 radical (unpaired) electrons. The summed E-state index contributed by atoms with van der Waals surface area (Å²) in [6, 6.07) is 10.8. The van der Waals surface area contributed by atoms with Crippen LogP contribution in [-0.2, 0) is 13.1 Å². The van der Waals surface area contributed by atoms with Crippen molar-refractivity contribution in [3.05, 3.63) is 85.7 Å². The highest BCUT2D eigenvalue weighted by Crippen LogP contribution is 2.25. The molecular formula is C19H14ClN5O3. The molecule has 4 aromatic rings. The van der Waals surface area contributed by atoms with E-state index in [0.717, 1.165) is 5.56 Å². The van der Waals surface area contributed by atoms with Crippen LogP contribution in [0.5, 0.6) is 0 Å². The van der Waals surface area contributed by atoms with Crippen molar-refractivity contribution in [2.45, 2.75) is 13.1 Å². The number of nitrogens with zero attached hydrogens (tertiary/aromatic N) is 3. The van der Waals surface area contributed by atoms with E-state index in [2.05, 4.69) is 25.8 Å². The smallest absolute Gasteiger partial charge is 0.253 e. The lowest BCUT2D eigenvalue weighted by Gasteiger charge is -2.13. The quantitative estimate of drug-likeness (QED) is 0.459. The molecule has 2 aromatic heterocycles. The van der Waals surface area contributed by atoms with Crippen LogP contribution in [0.15, 0.2) is 62.9 Å². The molecule has 2 heterocycles. The molecule has 0 spiro atoms. The molecule has 8 nitrogen and oxygen atoms in total. The number of aromatic nitrogens is 3. The van der Waals surface area contributed by atoms with E-state index in [-0.39, 0.29) is 23.8 Å². The van der Waals surface area contributed by atoms with Crippen molar-refractivity contribution < 1.29 is 4.52 Å². The summed E-state index contributed by atoms with van der Waals surface area (Å²) in [5.41, 5.74) is 0.898. The highest BCUT2D eigenvalue weighted by Gasteiger charge is 2.21. The highest BCUT2D eigenvalue weighted by molar-refractivity contribution is 6.33. The van der Waals surface area contributed by atoms with Gasteiger partial charge in [-0.15, -0.1) is 0 Å². The SMILES string of the molecule is O=c1c(NCc2ccncc2)c(NCc2nc(-c3ccccc3Cl)no2)c1=O. The number of nitrogens with one attached hydrogen (secondary N) is 2. The Labute approximate surface area is 163 Å². The van der Waals surface area contributed by atoms with E-state index >= 15 is 0 Å². The van der Waals surface area contributed by atoms with Crippen LogP contribution < -0.4 is 21.5 Å². The summed E-state index contributed by atoms with van der Waals surface area (Å²) >= 11 is 6.13. The molecule has 0 amide bonds. The Kier molecular flexibility index (Phi) is 4.86. The number of pyridine rings is 1. The molecule has 2 aromatic carbocycles. The maximum absolute atomic E-state index is 11.9. The van der Waals surface area contributed by atoms with Crippen molar-refractivity contribution in [2.24, 2.45) is 0 Å². The molecule has 0 saturated heterocycles. The third kappa shape index (κ3) is 3.49. The van der Waals surface area contributed by atoms with E-state index in [9.17, 15) is 9.59 Å². The summed E-state index contributed by atoms with van der Waals surface area (Å²) in [6.45, 7) is 0.505. The Morgan fingerprint density at radius 2 is 1.61 bits per heavy atom. The maximum atomic E-state index is 11.9. The number of hydrogen-bond acceptors (Lipinski definition) is 8. The zero-order chi connectivity index (χ0) is 19.5. The van der Waals surface area contributed by atoms with Gasteiger partial charge in [-0.25, -0.2) is 0 Å². The second-order valence-corrected chi connectivity index (χ2v) is 6.37. The minimum Gasteiger partial charge on any atom is -0.376 e. The average Bonchev–Trinajstić information content (AvgIpc) is 3.19. The predicted octanol–water partition coefficient (Wildman–Crippen LogP) is 2.61. The van der Waals surface area contributed by atoms with Gasteiger partial charge in [0.25, 0.3) is 10.9 Å². The van der Waals surface area contributed by atoms with Crippen molar-refractivity contribution in [2.75, 3.05) is 10.6 Å². The molecule has 0 aliphatic heterocycles. The maximum Gasteiger partial charge on any atom is 0.253 e. The lowest BCUT2D eigenvalue weighted by molar-refractivity contribution is 0.384. The van der Waals surface area contributed by atoms with Gasteiger partial charge in [-0.05, 0) is 29.8 Å². The van der Waals surface area contributed by atoms with Crippen molar-refractivity contribution in [3.63, 3.8) is 0 Å². The van der Waals surface area contributed by atoms with E-state index in [4.69, 9.17) is 16.1 Å². The molecule has 28 heavy (non-hydrogen) atoms. The third-order valence-electron chi connectivity index (χ3n) is 4.13. The Hall–Kier alpha value is -3.52. The minimum atomic E-state index is -0.580. The molecule has 2 N–H and O–H groups in total.